The molecule has 0 bridgehead atoms. The standard InChI is InChI=1S/C24H26N2O3S/c1-3-18(2)26-30(28,29)22-16-14-21(15-17-22)25-24(27)23(19-10-6-4-7-11-19)20-12-8-5-9-13-20/h4-18,23,26H,3H2,1-2H3,(H,25,27)/t18-/m1/s1. The first-order valence-corrected chi connectivity index (χ1v) is 11.4. The van der Waals surface area contributed by atoms with E-state index in [1.165, 1.54) is 12.1 Å². The van der Waals surface area contributed by atoms with Crippen LogP contribution < -0.4 is 10.0 Å². The predicted octanol–water partition coefficient (Wildman–Crippen LogP) is 4.53. The lowest BCUT2D eigenvalue weighted by atomic mass is 9.90. The van der Waals surface area contributed by atoms with E-state index in [0.29, 0.717) is 12.1 Å². The summed E-state index contributed by atoms with van der Waals surface area (Å²) in [6, 6.07) is 25.2. The second-order valence-corrected chi connectivity index (χ2v) is 8.91. The summed E-state index contributed by atoms with van der Waals surface area (Å²) in [7, 11) is -3.58. The van der Waals surface area contributed by atoms with Crippen LogP contribution in [0.15, 0.2) is 89.8 Å². The van der Waals surface area contributed by atoms with Crippen molar-refractivity contribution in [3.63, 3.8) is 0 Å². The molecule has 2 N–H and O–H groups in total. The molecule has 0 aromatic heterocycles. The molecular formula is C24H26N2O3S. The number of carbonyl (C=O) groups is 1. The van der Waals surface area contributed by atoms with Crippen molar-refractivity contribution in [1.82, 2.24) is 4.72 Å². The molecule has 0 saturated heterocycles. The first kappa shape index (κ1) is 21.7. The molecule has 3 aromatic rings. The number of benzene rings is 3. The van der Waals surface area contributed by atoms with Gasteiger partial charge in [-0.2, -0.15) is 0 Å². The van der Waals surface area contributed by atoms with Crippen LogP contribution in [-0.4, -0.2) is 20.4 Å². The molecule has 0 radical (unpaired) electrons. The zero-order valence-corrected chi connectivity index (χ0v) is 17.9. The number of anilines is 1. The van der Waals surface area contributed by atoms with Crippen molar-refractivity contribution in [3.05, 3.63) is 96.1 Å². The van der Waals surface area contributed by atoms with Gasteiger partial charge in [0.25, 0.3) is 0 Å². The maximum Gasteiger partial charge on any atom is 0.240 e. The van der Waals surface area contributed by atoms with E-state index in [4.69, 9.17) is 0 Å². The van der Waals surface area contributed by atoms with E-state index in [9.17, 15) is 13.2 Å². The normalized spacial score (nSPS) is 12.5. The molecule has 5 nitrogen and oxygen atoms in total. The third-order valence-electron chi connectivity index (χ3n) is 4.93. The van der Waals surface area contributed by atoms with Crippen molar-refractivity contribution in [2.24, 2.45) is 0 Å². The smallest absolute Gasteiger partial charge is 0.240 e. The molecule has 0 aliphatic rings. The Hall–Kier alpha value is -2.96. The Labute approximate surface area is 178 Å². The van der Waals surface area contributed by atoms with Crippen LogP contribution in [0.3, 0.4) is 0 Å². The van der Waals surface area contributed by atoms with Crippen molar-refractivity contribution in [2.75, 3.05) is 5.32 Å². The van der Waals surface area contributed by atoms with Crippen molar-refractivity contribution >= 4 is 21.6 Å². The first-order chi connectivity index (χ1) is 14.4. The van der Waals surface area contributed by atoms with Crippen LogP contribution >= 0.6 is 0 Å². The van der Waals surface area contributed by atoms with Crippen LogP contribution in [0.2, 0.25) is 0 Å². The number of nitrogens with one attached hydrogen (secondary N) is 2. The summed E-state index contributed by atoms with van der Waals surface area (Å²) in [6.07, 6.45) is 0.702. The average molecular weight is 423 g/mol. The summed E-state index contributed by atoms with van der Waals surface area (Å²) >= 11 is 0. The minimum absolute atomic E-state index is 0.146. The highest BCUT2D eigenvalue weighted by atomic mass is 32.2. The lowest BCUT2D eigenvalue weighted by Crippen LogP contribution is -2.32. The van der Waals surface area contributed by atoms with Crippen molar-refractivity contribution < 1.29 is 13.2 Å². The topological polar surface area (TPSA) is 75.3 Å². The number of rotatable bonds is 8. The molecule has 3 aromatic carbocycles. The van der Waals surface area contributed by atoms with Gasteiger partial charge in [-0.3, -0.25) is 4.79 Å². The summed E-state index contributed by atoms with van der Waals surface area (Å²) in [5.41, 5.74) is 2.32. The van der Waals surface area contributed by atoms with Crippen LogP contribution in [0.5, 0.6) is 0 Å². The van der Waals surface area contributed by atoms with Gasteiger partial charge in [-0.15, -0.1) is 0 Å². The second-order valence-electron chi connectivity index (χ2n) is 7.20. The van der Waals surface area contributed by atoms with E-state index in [1.807, 2.05) is 74.5 Å². The lowest BCUT2D eigenvalue weighted by Gasteiger charge is -2.18. The van der Waals surface area contributed by atoms with Gasteiger partial charge in [0.05, 0.1) is 10.8 Å². The van der Waals surface area contributed by atoms with Gasteiger partial charge >= 0.3 is 0 Å². The first-order valence-electron chi connectivity index (χ1n) is 9.94. The highest BCUT2D eigenvalue weighted by Crippen LogP contribution is 2.26. The summed E-state index contributed by atoms with van der Waals surface area (Å²) in [4.78, 5) is 13.3. The van der Waals surface area contributed by atoms with Gasteiger partial charge in [-0.05, 0) is 48.7 Å². The number of sulfonamides is 1. The Morgan fingerprint density at radius 3 is 1.80 bits per heavy atom. The monoisotopic (exact) mass is 422 g/mol. The second kappa shape index (κ2) is 9.69. The fourth-order valence-corrected chi connectivity index (χ4v) is 4.46. The number of hydrogen-bond acceptors (Lipinski definition) is 3. The lowest BCUT2D eigenvalue weighted by molar-refractivity contribution is -0.116. The largest absolute Gasteiger partial charge is 0.325 e. The third-order valence-corrected chi connectivity index (χ3v) is 6.53. The van der Waals surface area contributed by atoms with Crippen molar-refractivity contribution in [3.8, 4) is 0 Å². The molecule has 1 atom stereocenters. The maximum atomic E-state index is 13.1. The van der Waals surface area contributed by atoms with Crippen LogP contribution in [0, 0.1) is 0 Å². The van der Waals surface area contributed by atoms with Gasteiger partial charge < -0.3 is 5.32 Å². The Bertz CT molecular complexity index is 1030. The van der Waals surface area contributed by atoms with Crippen LogP contribution in [-0.2, 0) is 14.8 Å². The van der Waals surface area contributed by atoms with Crippen molar-refractivity contribution in [1.29, 1.82) is 0 Å². The molecule has 1 amide bonds. The van der Waals surface area contributed by atoms with Gasteiger partial charge in [0.1, 0.15) is 0 Å². The Morgan fingerprint density at radius 2 is 1.33 bits per heavy atom. The van der Waals surface area contributed by atoms with Gasteiger partial charge in [-0.1, -0.05) is 67.6 Å². The van der Waals surface area contributed by atoms with E-state index < -0.39 is 15.9 Å². The molecule has 0 fully saturated rings. The van der Waals surface area contributed by atoms with Gasteiger partial charge in [-0.25, -0.2) is 13.1 Å². The van der Waals surface area contributed by atoms with E-state index >= 15 is 0 Å². The minimum atomic E-state index is -3.58. The van der Waals surface area contributed by atoms with Crippen LogP contribution in [0.25, 0.3) is 0 Å². The maximum absolute atomic E-state index is 13.1. The molecule has 156 valence electrons. The molecular weight excluding hydrogens is 396 g/mol. The van der Waals surface area contributed by atoms with Gasteiger partial charge in [0, 0.05) is 11.7 Å². The minimum Gasteiger partial charge on any atom is -0.325 e. The zero-order valence-electron chi connectivity index (χ0n) is 17.1. The molecule has 30 heavy (non-hydrogen) atoms. The molecule has 0 spiro atoms. The number of carbonyl (C=O) groups excluding carboxylic acids is 1. The molecule has 3 rings (SSSR count). The quantitative estimate of drug-likeness (QED) is 0.560. The Morgan fingerprint density at radius 1 is 0.833 bits per heavy atom. The van der Waals surface area contributed by atoms with E-state index in [2.05, 4.69) is 10.0 Å². The molecule has 0 aliphatic heterocycles. The highest BCUT2D eigenvalue weighted by Gasteiger charge is 2.23. The Balaban J connectivity index is 1.81. The molecule has 0 aliphatic carbocycles. The fourth-order valence-electron chi connectivity index (χ4n) is 3.13. The molecule has 0 saturated carbocycles. The Kier molecular flexibility index (Phi) is 7.03. The van der Waals surface area contributed by atoms with Crippen LogP contribution in [0.4, 0.5) is 5.69 Å². The fraction of sp³-hybridized carbons (Fsp3) is 0.208. The SMILES string of the molecule is CC[C@@H](C)NS(=O)(=O)c1ccc(NC(=O)C(c2ccccc2)c2ccccc2)cc1. The average Bonchev–Trinajstić information content (AvgIpc) is 2.75. The highest BCUT2D eigenvalue weighted by molar-refractivity contribution is 7.89. The van der Waals surface area contributed by atoms with Crippen molar-refractivity contribution in [2.45, 2.75) is 37.1 Å². The van der Waals surface area contributed by atoms with Gasteiger partial charge in [0.2, 0.25) is 15.9 Å². The number of hydrogen-bond donors (Lipinski definition) is 2. The summed E-state index contributed by atoms with van der Waals surface area (Å²) < 4.78 is 27.5. The third kappa shape index (κ3) is 5.34. The summed E-state index contributed by atoms with van der Waals surface area (Å²) in [5.74, 6) is -0.649. The zero-order chi connectivity index (χ0) is 21.6. The van der Waals surface area contributed by atoms with Gasteiger partial charge in [0.15, 0.2) is 0 Å². The summed E-state index contributed by atoms with van der Waals surface area (Å²) in [6.45, 7) is 3.74. The molecule has 0 heterocycles. The number of amides is 1. The van der Waals surface area contributed by atoms with E-state index in [-0.39, 0.29) is 16.8 Å². The van der Waals surface area contributed by atoms with E-state index in [1.54, 1.807) is 12.1 Å². The summed E-state index contributed by atoms with van der Waals surface area (Å²) in [5, 5.41) is 2.92. The van der Waals surface area contributed by atoms with Crippen LogP contribution in [0.1, 0.15) is 37.3 Å². The molecule has 6 heteroatoms. The van der Waals surface area contributed by atoms with E-state index in [0.717, 1.165) is 11.1 Å². The molecule has 0 unspecified atom stereocenters. The predicted molar refractivity (Wildman–Crippen MR) is 120 cm³/mol.